The molecular weight excluding hydrogens is 492 g/mol. The summed E-state index contributed by atoms with van der Waals surface area (Å²) in [6, 6.07) is 0. The van der Waals surface area contributed by atoms with E-state index in [0.29, 0.717) is 45.1 Å². The predicted octanol–water partition coefficient (Wildman–Crippen LogP) is 1.96. The predicted molar refractivity (Wildman–Crippen MR) is 138 cm³/mol. The average molecular weight is 535 g/mol. The van der Waals surface area contributed by atoms with Crippen LogP contribution in [0.4, 0.5) is 0 Å². The minimum atomic E-state index is -1.59. The molecule has 1 amide bonds. The van der Waals surface area contributed by atoms with Gasteiger partial charge < -0.3 is 30.6 Å². The van der Waals surface area contributed by atoms with Gasteiger partial charge in [0.05, 0.1) is 11.8 Å². The molecule has 212 valence electrons. The minimum Gasteiger partial charge on any atom is -0.481 e. The normalized spacial score (nSPS) is 39.0. The lowest BCUT2D eigenvalue weighted by Crippen LogP contribution is -2.62. The lowest BCUT2D eigenvalue weighted by atomic mass is 9.45. The van der Waals surface area contributed by atoms with Gasteiger partial charge in [-0.15, -0.1) is 0 Å². The highest BCUT2D eigenvalue weighted by Gasteiger charge is 2.68. The van der Waals surface area contributed by atoms with Crippen LogP contribution in [-0.2, 0) is 19.2 Å². The molecule has 7 atom stereocenters. The standard InChI is InChI=1S/C28H42N2O8/c1-26-10-8-18(30-38-16-23(34)29-12-4-3-5-24(35)36)13-17(26)6-7-19-20-9-11-28(37,22(33)15-31)27(20,2)14-21(32)25(19)26/h13,19-21,25,31-32,37H,3-12,14-16H2,1-2H3,(H,29,34)(H,35,36)/b30-18+/t19-,20-,21+,25+,26+,27-,28-/m1/s1. The molecule has 0 unspecified atom stereocenters. The summed E-state index contributed by atoms with van der Waals surface area (Å²) in [6.07, 6.45) is 7.05. The van der Waals surface area contributed by atoms with Gasteiger partial charge in [0.1, 0.15) is 12.2 Å². The zero-order valence-electron chi connectivity index (χ0n) is 22.4. The Morgan fingerprint density at radius 2 is 1.92 bits per heavy atom. The smallest absolute Gasteiger partial charge is 0.303 e. The van der Waals surface area contributed by atoms with Gasteiger partial charge in [0.15, 0.2) is 12.4 Å². The first-order valence-corrected chi connectivity index (χ1v) is 13.9. The van der Waals surface area contributed by atoms with Crippen molar-refractivity contribution in [3.05, 3.63) is 11.6 Å². The number of aliphatic hydroxyl groups is 3. The van der Waals surface area contributed by atoms with E-state index in [-0.39, 0.29) is 42.1 Å². The van der Waals surface area contributed by atoms with Crippen LogP contribution in [0.15, 0.2) is 16.8 Å². The fourth-order valence-corrected chi connectivity index (χ4v) is 8.22. The first kappa shape index (κ1) is 28.7. The zero-order chi connectivity index (χ0) is 27.7. The van der Waals surface area contributed by atoms with Gasteiger partial charge in [-0.3, -0.25) is 14.4 Å². The summed E-state index contributed by atoms with van der Waals surface area (Å²) < 4.78 is 0. The number of unbranched alkanes of at least 4 members (excludes halogenated alkanes) is 1. The number of Topliss-reactive ketones (excluding diaryl/α,β-unsaturated/α-hetero) is 1. The number of fused-ring (bicyclic) bond motifs is 5. The second-order valence-electron chi connectivity index (χ2n) is 12.1. The number of rotatable bonds is 10. The van der Waals surface area contributed by atoms with E-state index >= 15 is 0 Å². The number of hydrogen-bond donors (Lipinski definition) is 5. The Balaban J connectivity index is 1.39. The number of carbonyl (C=O) groups excluding carboxylic acids is 2. The largest absolute Gasteiger partial charge is 0.481 e. The molecule has 5 N–H and O–H groups in total. The third kappa shape index (κ3) is 5.02. The molecule has 4 aliphatic carbocycles. The van der Waals surface area contributed by atoms with Gasteiger partial charge in [0, 0.05) is 18.4 Å². The Kier molecular flexibility index (Phi) is 8.35. The number of amides is 1. The molecule has 4 rings (SSSR count). The molecule has 4 aliphatic rings. The summed E-state index contributed by atoms with van der Waals surface area (Å²) in [5, 5.41) is 47.9. The number of nitrogens with one attached hydrogen (secondary N) is 1. The Bertz CT molecular complexity index is 1010. The van der Waals surface area contributed by atoms with Crippen LogP contribution in [-0.4, -0.2) is 75.3 Å². The van der Waals surface area contributed by atoms with Crippen molar-refractivity contribution < 1.29 is 39.6 Å². The number of carbonyl (C=O) groups is 3. The summed E-state index contributed by atoms with van der Waals surface area (Å²) in [5.74, 6) is -1.39. The lowest BCUT2D eigenvalue weighted by molar-refractivity contribution is -0.181. The van der Waals surface area contributed by atoms with E-state index in [0.717, 1.165) is 25.0 Å². The Morgan fingerprint density at radius 3 is 2.63 bits per heavy atom. The first-order valence-electron chi connectivity index (χ1n) is 13.9. The van der Waals surface area contributed by atoms with Crippen molar-refractivity contribution in [2.45, 2.75) is 89.8 Å². The van der Waals surface area contributed by atoms with Gasteiger partial charge in [-0.25, -0.2) is 0 Å². The summed E-state index contributed by atoms with van der Waals surface area (Å²) in [5.41, 5.74) is -0.583. The molecule has 3 saturated carbocycles. The summed E-state index contributed by atoms with van der Waals surface area (Å²) in [4.78, 5) is 40.4. The first-order chi connectivity index (χ1) is 18.0. The highest BCUT2D eigenvalue weighted by molar-refractivity contribution is 5.96. The molecule has 10 nitrogen and oxygen atoms in total. The highest BCUT2D eigenvalue weighted by atomic mass is 16.6. The number of aliphatic carboxylic acids is 1. The molecule has 0 aromatic heterocycles. The summed E-state index contributed by atoms with van der Waals surface area (Å²) >= 11 is 0. The van der Waals surface area contributed by atoms with Gasteiger partial charge in [0.25, 0.3) is 5.91 Å². The van der Waals surface area contributed by atoms with Crippen LogP contribution < -0.4 is 5.32 Å². The molecule has 3 fully saturated rings. The molecule has 0 aliphatic heterocycles. The van der Waals surface area contributed by atoms with Crippen molar-refractivity contribution >= 4 is 23.4 Å². The SMILES string of the molecule is C[C@]12CC/C(=N\OCC(=O)NCCCCC(=O)O)C=C1CC[C@H]1[C@H]2[C@@H](O)C[C@]2(C)[C@@H]1CC[C@@]2(O)C(=O)CO. The van der Waals surface area contributed by atoms with Crippen LogP contribution in [0.1, 0.15) is 78.1 Å². The van der Waals surface area contributed by atoms with Gasteiger partial charge >= 0.3 is 5.97 Å². The third-order valence-electron chi connectivity index (χ3n) is 10.2. The topological polar surface area (TPSA) is 166 Å². The van der Waals surface area contributed by atoms with Crippen LogP contribution in [0.5, 0.6) is 0 Å². The molecule has 0 aromatic carbocycles. The Morgan fingerprint density at radius 1 is 1.16 bits per heavy atom. The Labute approximate surface area is 223 Å². The van der Waals surface area contributed by atoms with Crippen molar-refractivity contribution in [2.75, 3.05) is 19.8 Å². The van der Waals surface area contributed by atoms with Crippen molar-refractivity contribution in [3.8, 4) is 0 Å². The molecule has 0 radical (unpaired) electrons. The van der Waals surface area contributed by atoms with Crippen LogP contribution in [0.25, 0.3) is 0 Å². The van der Waals surface area contributed by atoms with Gasteiger partial charge in [-0.1, -0.05) is 24.6 Å². The number of carboxylic acids is 1. The maximum atomic E-state index is 12.6. The van der Waals surface area contributed by atoms with E-state index < -0.39 is 35.5 Å². The quantitative estimate of drug-likeness (QED) is 0.210. The number of allylic oxidation sites excluding steroid dienone is 2. The second kappa shape index (κ2) is 11.1. The molecule has 0 spiro atoms. The van der Waals surface area contributed by atoms with Crippen molar-refractivity contribution in [3.63, 3.8) is 0 Å². The molecule has 0 heterocycles. The van der Waals surface area contributed by atoms with Crippen molar-refractivity contribution in [1.29, 1.82) is 0 Å². The molecule has 0 saturated heterocycles. The second-order valence-corrected chi connectivity index (χ2v) is 12.1. The van der Waals surface area contributed by atoms with Crippen LogP contribution in [0.3, 0.4) is 0 Å². The average Bonchev–Trinajstić information content (AvgIpc) is 3.13. The number of aliphatic hydroxyl groups excluding tert-OH is 2. The number of oxime groups is 1. The summed E-state index contributed by atoms with van der Waals surface area (Å²) in [6.45, 7) is 3.62. The van der Waals surface area contributed by atoms with E-state index in [1.807, 2.05) is 13.0 Å². The highest BCUT2D eigenvalue weighted by Crippen LogP contribution is 2.67. The lowest BCUT2D eigenvalue weighted by Gasteiger charge is -2.60. The van der Waals surface area contributed by atoms with Crippen LogP contribution in [0.2, 0.25) is 0 Å². The van der Waals surface area contributed by atoms with E-state index in [9.17, 15) is 29.7 Å². The van der Waals surface area contributed by atoms with E-state index in [2.05, 4.69) is 17.4 Å². The molecule has 10 heteroatoms. The molecule has 0 bridgehead atoms. The zero-order valence-corrected chi connectivity index (χ0v) is 22.4. The van der Waals surface area contributed by atoms with Gasteiger partial charge in [-0.05, 0) is 87.0 Å². The summed E-state index contributed by atoms with van der Waals surface area (Å²) in [7, 11) is 0. The molecule has 38 heavy (non-hydrogen) atoms. The van der Waals surface area contributed by atoms with E-state index in [1.165, 1.54) is 5.57 Å². The number of ketones is 1. The number of nitrogens with zero attached hydrogens (tertiary/aromatic N) is 1. The fourth-order valence-electron chi connectivity index (χ4n) is 8.22. The van der Waals surface area contributed by atoms with Crippen molar-refractivity contribution in [2.24, 2.45) is 33.7 Å². The van der Waals surface area contributed by atoms with E-state index in [4.69, 9.17) is 9.94 Å². The maximum absolute atomic E-state index is 12.6. The van der Waals surface area contributed by atoms with Gasteiger partial charge in [0.2, 0.25) is 0 Å². The van der Waals surface area contributed by atoms with Crippen LogP contribution >= 0.6 is 0 Å². The van der Waals surface area contributed by atoms with E-state index in [1.54, 1.807) is 0 Å². The minimum absolute atomic E-state index is 0.0153. The monoisotopic (exact) mass is 534 g/mol. The number of hydrogen-bond acceptors (Lipinski definition) is 8. The molecular formula is C28H42N2O8. The number of carboxylic acid groups (broad SMARTS) is 1. The molecule has 0 aromatic rings. The third-order valence-corrected chi connectivity index (χ3v) is 10.2. The van der Waals surface area contributed by atoms with Crippen LogP contribution in [0, 0.1) is 28.6 Å². The van der Waals surface area contributed by atoms with Crippen molar-refractivity contribution in [1.82, 2.24) is 5.32 Å². The maximum Gasteiger partial charge on any atom is 0.303 e. The Hall–Kier alpha value is -2.30. The fraction of sp³-hybridized carbons (Fsp3) is 0.786. The van der Waals surface area contributed by atoms with Gasteiger partial charge in [-0.2, -0.15) is 0 Å².